The number of nitrogens with zero attached hydrogens (tertiary/aromatic N) is 5. The van der Waals surface area contributed by atoms with E-state index in [9.17, 15) is 0 Å². The molecule has 0 saturated carbocycles. The van der Waals surface area contributed by atoms with Gasteiger partial charge in [0.1, 0.15) is 0 Å². The van der Waals surface area contributed by atoms with E-state index >= 15 is 0 Å². The van der Waals surface area contributed by atoms with Crippen molar-refractivity contribution in [3.63, 3.8) is 0 Å². The van der Waals surface area contributed by atoms with Crippen molar-refractivity contribution in [2.75, 3.05) is 13.1 Å². The van der Waals surface area contributed by atoms with E-state index in [2.05, 4.69) is 27.3 Å². The fourth-order valence-electron chi connectivity index (χ4n) is 1.30. The quantitative estimate of drug-likeness (QED) is 0.748. The second kappa shape index (κ2) is 7.43. The number of rotatable bonds is 1. The molecule has 1 aliphatic heterocycles. The van der Waals surface area contributed by atoms with Crippen molar-refractivity contribution in [1.82, 2.24) is 25.1 Å². The van der Waals surface area contributed by atoms with Gasteiger partial charge in [0.25, 0.3) is 0 Å². The van der Waals surface area contributed by atoms with Crippen molar-refractivity contribution in [3.8, 4) is 0 Å². The summed E-state index contributed by atoms with van der Waals surface area (Å²) in [6, 6.07) is 0. The first-order valence-corrected chi connectivity index (χ1v) is 4.87. The second-order valence-corrected chi connectivity index (χ2v) is 2.69. The first kappa shape index (κ1) is 14.1. The Labute approximate surface area is 110 Å². The molecule has 0 spiro atoms. The van der Waals surface area contributed by atoms with Crippen LogP contribution in [0, 0.1) is 0 Å². The Balaban J connectivity index is 0.000000531. The van der Waals surface area contributed by atoms with Crippen LogP contribution in [0.4, 0.5) is 0 Å². The standard InChI is InChI=1S/C6H11N5.C2H6.Y/c1-2-10-3-4-11-6(5-10)7-8-9-11;1-2;/h2-5H2,1H3;1-2H3;. The van der Waals surface area contributed by atoms with E-state index in [1.807, 2.05) is 18.5 Å². The molecule has 1 aliphatic rings. The monoisotopic (exact) mass is 272 g/mol. The van der Waals surface area contributed by atoms with Crippen molar-refractivity contribution in [1.29, 1.82) is 0 Å². The molecule has 1 aromatic rings. The third kappa shape index (κ3) is 3.37. The van der Waals surface area contributed by atoms with Gasteiger partial charge in [-0.1, -0.05) is 20.8 Å². The summed E-state index contributed by atoms with van der Waals surface area (Å²) >= 11 is 0. The van der Waals surface area contributed by atoms with E-state index in [0.717, 1.165) is 32.0 Å². The summed E-state index contributed by atoms with van der Waals surface area (Å²) in [4.78, 5) is 2.33. The number of hydrogen-bond acceptors (Lipinski definition) is 4. The normalized spacial score (nSPS) is 14.8. The minimum atomic E-state index is 0. The fourth-order valence-corrected chi connectivity index (χ4v) is 1.30. The maximum Gasteiger partial charge on any atom is 0.165 e. The molecule has 0 aromatic carbocycles. The van der Waals surface area contributed by atoms with Crippen molar-refractivity contribution >= 4 is 0 Å². The van der Waals surface area contributed by atoms with E-state index in [4.69, 9.17) is 0 Å². The van der Waals surface area contributed by atoms with Crippen LogP contribution in [0.25, 0.3) is 0 Å². The van der Waals surface area contributed by atoms with Gasteiger partial charge in [0.2, 0.25) is 0 Å². The Morgan fingerprint density at radius 3 is 2.64 bits per heavy atom. The molecule has 0 unspecified atom stereocenters. The van der Waals surface area contributed by atoms with Gasteiger partial charge in [-0.05, 0) is 17.0 Å². The van der Waals surface area contributed by atoms with Gasteiger partial charge in [-0.3, -0.25) is 4.90 Å². The molecule has 1 radical (unpaired) electrons. The van der Waals surface area contributed by atoms with Crippen LogP contribution in [-0.2, 0) is 45.8 Å². The zero-order valence-electron chi connectivity index (χ0n) is 9.14. The topological polar surface area (TPSA) is 46.8 Å². The summed E-state index contributed by atoms with van der Waals surface area (Å²) in [5.41, 5.74) is 0. The van der Waals surface area contributed by atoms with Crippen molar-refractivity contribution in [2.45, 2.75) is 33.9 Å². The molecule has 1 aromatic heterocycles. The number of hydrogen-bond donors (Lipinski definition) is 0. The molecule has 0 N–H and O–H groups in total. The van der Waals surface area contributed by atoms with Gasteiger partial charge < -0.3 is 0 Å². The van der Waals surface area contributed by atoms with Crippen LogP contribution in [0.15, 0.2) is 0 Å². The molecule has 0 fully saturated rings. The minimum Gasteiger partial charge on any atom is -0.294 e. The third-order valence-electron chi connectivity index (χ3n) is 2.05. The van der Waals surface area contributed by atoms with Crippen LogP contribution >= 0.6 is 0 Å². The van der Waals surface area contributed by atoms with Gasteiger partial charge in [0.05, 0.1) is 13.1 Å². The average molecular weight is 272 g/mol. The summed E-state index contributed by atoms with van der Waals surface area (Å²) in [5.74, 6) is 0.984. The summed E-state index contributed by atoms with van der Waals surface area (Å²) in [5, 5.41) is 11.4. The van der Waals surface area contributed by atoms with E-state index < -0.39 is 0 Å². The molecule has 14 heavy (non-hydrogen) atoms. The largest absolute Gasteiger partial charge is 0.294 e. The SMILES string of the molecule is CC.CCN1CCn2nnnc2C1.[Y]. The molecule has 0 saturated heterocycles. The molecule has 2 heterocycles. The van der Waals surface area contributed by atoms with E-state index in [-0.39, 0.29) is 32.7 Å². The predicted octanol–water partition coefficient (Wildman–Crippen LogP) is 0.532. The van der Waals surface area contributed by atoms with Gasteiger partial charge in [0, 0.05) is 39.3 Å². The molecule has 0 bridgehead atoms. The van der Waals surface area contributed by atoms with Crippen LogP contribution in [0.3, 0.4) is 0 Å². The maximum atomic E-state index is 3.92. The Hall–Kier alpha value is 0.134. The number of tetrazole rings is 1. The molecular formula is C8H17N5Y. The first-order valence-electron chi connectivity index (χ1n) is 4.87. The molecule has 0 atom stereocenters. The second-order valence-electron chi connectivity index (χ2n) is 2.69. The minimum absolute atomic E-state index is 0. The number of fused-ring (bicyclic) bond motifs is 1. The van der Waals surface area contributed by atoms with Crippen molar-refractivity contribution in [3.05, 3.63) is 5.82 Å². The third-order valence-corrected chi connectivity index (χ3v) is 2.05. The van der Waals surface area contributed by atoms with Gasteiger partial charge in [-0.2, -0.15) is 0 Å². The summed E-state index contributed by atoms with van der Waals surface area (Å²) in [7, 11) is 0. The van der Waals surface area contributed by atoms with Crippen LogP contribution in [0.5, 0.6) is 0 Å². The Morgan fingerprint density at radius 2 is 2.00 bits per heavy atom. The van der Waals surface area contributed by atoms with E-state index in [0.29, 0.717) is 0 Å². The first-order chi connectivity index (χ1) is 6.40. The Kier molecular flexibility index (Phi) is 7.50. The molecule has 77 valence electrons. The van der Waals surface area contributed by atoms with Gasteiger partial charge in [-0.25, -0.2) is 4.68 Å². The Morgan fingerprint density at radius 1 is 1.29 bits per heavy atom. The van der Waals surface area contributed by atoms with Crippen LogP contribution in [-0.4, -0.2) is 38.2 Å². The maximum absolute atomic E-state index is 3.92. The van der Waals surface area contributed by atoms with Crippen molar-refractivity contribution < 1.29 is 32.7 Å². The molecule has 6 heteroatoms. The summed E-state index contributed by atoms with van der Waals surface area (Å²) in [6.07, 6.45) is 0. The summed E-state index contributed by atoms with van der Waals surface area (Å²) in [6.45, 7) is 10.1. The van der Waals surface area contributed by atoms with Gasteiger partial charge in [0.15, 0.2) is 5.82 Å². The predicted molar refractivity (Wildman–Crippen MR) is 50.1 cm³/mol. The van der Waals surface area contributed by atoms with Gasteiger partial charge in [-0.15, -0.1) is 5.10 Å². The molecule has 0 aliphatic carbocycles. The molecular weight excluding hydrogens is 255 g/mol. The van der Waals surface area contributed by atoms with Gasteiger partial charge >= 0.3 is 0 Å². The average Bonchev–Trinajstić information content (AvgIpc) is 2.67. The van der Waals surface area contributed by atoms with Crippen LogP contribution < -0.4 is 0 Å². The Bertz CT molecular complexity index is 250. The van der Waals surface area contributed by atoms with Crippen LogP contribution in [0.2, 0.25) is 0 Å². The number of aromatic nitrogens is 4. The van der Waals surface area contributed by atoms with E-state index in [1.54, 1.807) is 0 Å². The molecule has 2 rings (SSSR count). The molecule has 0 amide bonds. The number of likely N-dealkylation sites (N-methyl/N-ethyl adjacent to an activating group) is 1. The van der Waals surface area contributed by atoms with Crippen LogP contribution in [0.1, 0.15) is 26.6 Å². The summed E-state index contributed by atoms with van der Waals surface area (Å²) < 4.78 is 1.87. The van der Waals surface area contributed by atoms with Crippen molar-refractivity contribution in [2.24, 2.45) is 0 Å². The zero-order valence-corrected chi connectivity index (χ0v) is 12.0. The molecule has 5 nitrogen and oxygen atoms in total. The van der Waals surface area contributed by atoms with E-state index in [1.165, 1.54) is 0 Å². The zero-order chi connectivity index (χ0) is 9.68. The smallest absolute Gasteiger partial charge is 0.165 e. The fraction of sp³-hybridized carbons (Fsp3) is 0.875.